The summed E-state index contributed by atoms with van der Waals surface area (Å²) in [6, 6.07) is 7.16. The molecule has 2 aromatic heterocycles. The Hall–Kier alpha value is -3.13. The van der Waals surface area contributed by atoms with E-state index in [9.17, 15) is 4.79 Å². The number of carbonyl (C=O) groups excluding carboxylic acids is 1. The molecule has 134 valence electrons. The molecule has 3 aromatic rings. The third-order valence-electron chi connectivity index (χ3n) is 3.41. The molecule has 0 bridgehead atoms. The van der Waals surface area contributed by atoms with Crippen LogP contribution in [0.25, 0.3) is 17.5 Å². The Labute approximate surface area is 153 Å². The van der Waals surface area contributed by atoms with Crippen LogP contribution in [0, 0.1) is 0 Å². The topological polar surface area (TPSA) is 83.7 Å². The lowest BCUT2D eigenvalue weighted by Crippen LogP contribution is -2.01. The zero-order chi connectivity index (χ0) is 18.4. The highest BCUT2D eigenvalue weighted by molar-refractivity contribution is 7.08. The van der Waals surface area contributed by atoms with Crippen molar-refractivity contribution in [2.45, 2.75) is 6.61 Å². The van der Waals surface area contributed by atoms with Crippen molar-refractivity contribution < 1.29 is 23.5 Å². The van der Waals surface area contributed by atoms with Crippen molar-refractivity contribution in [3.05, 3.63) is 52.6 Å². The Morgan fingerprint density at radius 1 is 1.27 bits per heavy atom. The van der Waals surface area contributed by atoms with Crippen LogP contribution in [0.15, 0.2) is 45.6 Å². The average molecular weight is 372 g/mol. The largest absolute Gasteiger partial charge is 0.497 e. The molecule has 26 heavy (non-hydrogen) atoms. The van der Waals surface area contributed by atoms with Gasteiger partial charge >= 0.3 is 5.97 Å². The van der Waals surface area contributed by atoms with Gasteiger partial charge in [0.25, 0.3) is 5.89 Å². The van der Waals surface area contributed by atoms with Crippen molar-refractivity contribution in [1.29, 1.82) is 0 Å². The smallest absolute Gasteiger partial charge is 0.331 e. The van der Waals surface area contributed by atoms with Gasteiger partial charge in [0.1, 0.15) is 11.5 Å². The predicted octanol–water partition coefficient (Wildman–Crippen LogP) is 3.57. The summed E-state index contributed by atoms with van der Waals surface area (Å²) in [4.78, 5) is 16.0. The number of esters is 1. The van der Waals surface area contributed by atoms with E-state index in [1.54, 1.807) is 49.8 Å². The molecule has 0 saturated carbocycles. The lowest BCUT2D eigenvalue weighted by Gasteiger charge is -2.07. The number of aromatic nitrogens is 2. The number of methoxy groups -OCH3 is 2. The number of hydrogen-bond donors (Lipinski definition) is 0. The van der Waals surface area contributed by atoms with Crippen LogP contribution >= 0.6 is 11.3 Å². The molecule has 0 unspecified atom stereocenters. The van der Waals surface area contributed by atoms with Crippen LogP contribution in [0.2, 0.25) is 0 Å². The van der Waals surface area contributed by atoms with E-state index in [2.05, 4.69) is 10.1 Å². The van der Waals surface area contributed by atoms with Gasteiger partial charge in [-0.3, -0.25) is 0 Å². The van der Waals surface area contributed by atoms with Gasteiger partial charge in [-0.05, 0) is 40.6 Å². The van der Waals surface area contributed by atoms with Gasteiger partial charge in [-0.2, -0.15) is 16.3 Å². The molecule has 0 aliphatic heterocycles. The first-order valence-corrected chi connectivity index (χ1v) is 8.56. The predicted molar refractivity (Wildman–Crippen MR) is 96.0 cm³/mol. The fraction of sp³-hybridized carbons (Fsp3) is 0.167. The summed E-state index contributed by atoms with van der Waals surface area (Å²) in [5.41, 5.74) is 1.59. The van der Waals surface area contributed by atoms with E-state index in [0.717, 1.165) is 5.56 Å². The minimum atomic E-state index is -0.488. The minimum Gasteiger partial charge on any atom is -0.497 e. The average Bonchev–Trinajstić information content (AvgIpc) is 3.36. The van der Waals surface area contributed by atoms with Gasteiger partial charge in [0, 0.05) is 12.1 Å². The summed E-state index contributed by atoms with van der Waals surface area (Å²) in [6.45, 7) is -0.113. The zero-order valence-electron chi connectivity index (χ0n) is 14.2. The molecule has 7 nitrogen and oxygen atoms in total. The van der Waals surface area contributed by atoms with Crippen molar-refractivity contribution in [1.82, 2.24) is 10.1 Å². The van der Waals surface area contributed by atoms with Gasteiger partial charge in [0.2, 0.25) is 5.82 Å². The monoisotopic (exact) mass is 372 g/mol. The maximum atomic E-state index is 11.7. The van der Waals surface area contributed by atoms with Crippen LogP contribution < -0.4 is 9.47 Å². The number of rotatable bonds is 7. The fourth-order valence-corrected chi connectivity index (χ4v) is 2.75. The molecular formula is C18H16N2O5S. The molecule has 0 radical (unpaired) electrons. The number of nitrogens with zero attached hydrogens (tertiary/aromatic N) is 2. The van der Waals surface area contributed by atoms with Crippen molar-refractivity contribution in [2.24, 2.45) is 0 Å². The molecular weight excluding hydrogens is 356 g/mol. The quantitative estimate of drug-likeness (QED) is 0.463. The maximum Gasteiger partial charge on any atom is 0.331 e. The molecule has 0 spiro atoms. The Balaban J connectivity index is 1.64. The van der Waals surface area contributed by atoms with Crippen molar-refractivity contribution in [2.75, 3.05) is 14.2 Å². The Morgan fingerprint density at radius 3 is 2.88 bits per heavy atom. The molecule has 0 fully saturated rings. The van der Waals surface area contributed by atoms with Gasteiger partial charge in [-0.1, -0.05) is 5.16 Å². The van der Waals surface area contributed by atoms with Crippen LogP contribution in [0.5, 0.6) is 11.5 Å². The first-order chi connectivity index (χ1) is 12.7. The van der Waals surface area contributed by atoms with E-state index >= 15 is 0 Å². The molecule has 2 heterocycles. The van der Waals surface area contributed by atoms with Crippen LogP contribution in [-0.2, 0) is 16.1 Å². The van der Waals surface area contributed by atoms with Crippen LogP contribution in [0.1, 0.15) is 11.5 Å². The van der Waals surface area contributed by atoms with Crippen molar-refractivity contribution in [3.8, 4) is 22.9 Å². The standard InChI is InChI=1S/C18H16N2O5S/c1-22-13-4-5-14(15(9-13)23-2)18-19-16(25-20-18)10-24-17(21)6-3-12-7-8-26-11-12/h3-9,11H,10H2,1-2H3/b6-3+. The van der Waals surface area contributed by atoms with Gasteiger partial charge in [0.15, 0.2) is 6.61 Å². The van der Waals surface area contributed by atoms with E-state index in [0.29, 0.717) is 22.9 Å². The van der Waals surface area contributed by atoms with Crippen LogP contribution in [0.3, 0.4) is 0 Å². The highest BCUT2D eigenvalue weighted by Gasteiger charge is 2.15. The number of carbonyl (C=O) groups is 1. The van der Waals surface area contributed by atoms with Gasteiger partial charge < -0.3 is 18.7 Å². The van der Waals surface area contributed by atoms with Gasteiger partial charge in [-0.15, -0.1) is 0 Å². The van der Waals surface area contributed by atoms with Crippen molar-refractivity contribution in [3.63, 3.8) is 0 Å². The SMILES string of the molecule is COc1ccc(-c2noc(COC(=O)/C=C/c3ccsc3)n2)c(OC)c1. The van der Waals surface area contributed by atoms with E-state index in [1.165, 1.54) is 6.08 Å². The Morgan fingerprint density at radius 2 is 2.15 bits per heavy atom. The summed E-state index contributed by atoms with van der Waals surface area (Å²) in [5, 5.41) is 7.76. The molecule has 0 aliphatic carbocycles. The Kier molecular flexibility index (Phi) is 5.65. The summed E-state index contributed by atoms with van der Waals surface area (Å²) in [7, 11) is 3.11. The molecule has 0 aliphatic rings. The molecule has 0 atom stereocenters. The van der Waals surface area contributed by atoms with Crippen molar-refractivity contribution >= 4 is 23.4 Å². The third-order valence-corrected chi connectivity index (χ3v) is 4.11. The van der Waals surface area contributed by atoms with Gasteiger partial charge in [-0.25, -0.2) is 4.79 Å². The summed E-state index contributed by atoms with van der Waals surface area (Å²) in [5.74, 6) is 1.24. The van der Waals surface area contributed by atoms with E-state index in [4.69, 9.17) is 18.7 Å². The highest BCUT2D eigenvalue weighted by Crippen LogP contribution is 2.31. The number of thiophene rings is 1. The molecule has 0 amide bonds. The minimum absolute atomic E-state index is 0.113. The Bertz CT molecular complexity index is 902. The number of benzene rings is 1. The summed E-state index contributed by atoms with van der Waals surface area (Å²) >= 11 is 1.55. The fourth-order valence-electron chi connectivity index (χ4n) is 2.12. The molecule has 3 rings (SSSR count). The molecule has 0 N–H and O–H groups in total. The highest BCUT2D eigenvalue weighted by atomic mass is 32.1. The van der Waals surface area contributed by atoms with Crippen LogP contribution in [0.4, 0.5) is 0 Å². The normalized spacial score (nSPS) is 10.8. The maximum absolute atomic E-state index is 11.7. The van der Waals surface area contributed by atoms with E-state index < -0.39 is 5.97 Å². The van der Waals surface area contributed by atoms with Gasteiger partial charge in [0.05, 0.1) is 19.8 Å². The lowest BCUT2D eigenvalue weighted by molar-refractivity contribution is -0.139. The molecule has 1 aromatic carbocycles. The van der Waals surface area contributed by atoms with E-state index in [1.807, 2.05) is 16.8 Å². The zero-order valence-corrected chi connectivity index (χ0v) is 15.0. The second kappa shape index (κ2) is 8.30. The van der Waals surface area contributed by atoms with Crippen LogP contribution in [-0.4, -0.2) is 30.3 Å². The number of ether oxygens (including phenoxy) is 3. The third kappa shape index (κ3) is 4.28. The van der Waals surface area contributed by atoms with E-state index in [-0.39, 0.29) is 12.5 Å². The first-order valence-electron chi connectivity index (χ1n) is 7.61. The summed E-state index contributed by atoms with van der Waals surface area (Å²) < 4.78 is 20.7. The second-order valence-electron chi connectivity index (χ2n) is 5.08. The molecule has 8 heteroatoms. The number of hydrogen-bond acceptors (Lipinski definition) is 8. The molecule has 0 saturated heterocycles. The lowest BCUT2D eigenvalue weighted by atomic mass is 10.2. The summed E-state index contributed by atoms with van der Waals surface area (Å²) in [6.07, 6.45) is 3.03. The first kappa shape index (κ1) is 17.7. The second-order valence-corrected chi connectivity index (χ2v) is 5.86.